The Bertz CT molecular complexity index is 1080. The minimum atomic E-state index is -0.357. The molecule has 6 heteroatoms. The third-order valence-corrected chi connectivity index (χ3v) is 6.15. The Balaban J connectivity index is 1.54. The number of amides is 1. The van der Waals surface area contributed by atoms with Crippen LogP contribution in [0.15, 0.2) is 72.8 Å². The standard InChI is InChI=1S/C27H29FN2O3/c1-32-25-8-5-7-24(18-25)30(27(31)20-10-12-22(28)13-11-20)23-14-16-29(17-15-23)19-21-6-3-4-9-26(21)33-2/h3-13,18,23H,14-17,19H2,1-2H3. The Hall–Kier alpha value is -3.38. The molecule has 0 aromatic heterocycles. The maximum Gasteiger partial charge on any atom is 0.258 e. The Morgan fingerprint density at radius 2 is 1.70 bits per heavy atom. The van der Waals surface area contributed by atoms with Gasteiger partial charge in [0.15, 0.2) is 0 Å². The molecule has 0 unspecified atom stereocenters. The van der Waals surface area contributed by atoms with Gasteiger partial charge >= 0.3 is 0 Å². The van der Waals surface area contributed by atoms with Crippen LogP contribution in [0.1, 0.15) is 28.8 Å². The molecule has 3 aromatic carbocycles. The van der Waals surface area contributed by atoms with E-state index < -0.39 is 0 Å². The molecule has 1 heterocycles. The average molecular weight is 449 g/mol. The number of hydrogen-bond acceptors (Lipinski definition) is 4. The van der Waals surface area contributed by atoms with Crippen LogP contribution in [0, 0.1) is 5.82 Å². The predicted octanol–water partition coefficient (Wildman–Crippen LogP) is 5.15. The highest BCUT2D eigenvalue weighted by Crippen LogP contribution is 2.30. The molecule has 33 heavy (non-hydrogen) atoms. The van der Waals surface area contributed by atoms with E-state index in [4.69, 9.17) is 9.47 Å². The second-order valence-electron chi connectivity index (χ2n) is 8.20. The number of piperidine rings is 1. The molecule has 0 N–H and O–H groups in total. The lowest BCUT2D eigenvalue weighted by atomic mass is 10.00. The van der Waals surface area contributed by atoms with Crippen molar-refractivity contribution in [2.24, 2.45) is 0 Å². The molecule has 0 aliphatic carbocycles. The van der Waals surface area contributed by atoms with Crippen molar-refractivity contribution in [1.29, 1.82) is 0 Å². The van der Waals surface area contributed by atoms with E-state index in [2.05, 4.69) is 11.0 Å². The third-order valence-electron chi connectivity index (χ3n) is 6.15. The Morgan fingerprint density at radius 1 is 0.970 bits per heavy atom. The summed E-state index contributed by atoms with van der Waals surface area (Å²) in [6.07, 6.45) is 1.67. The fourth-order valence-corrected chi connectivity index (χ4v) is 4.40. The minimum absolute atomic E-state index is 0.0311. The van der Waals surface area contributed by atoms with Crippen molar-refractivity contribution in [2.75, 3.05) is 32.2 Å². The summed E-state index contributed by atoms with van der Waals surface area (Å²) in [6, 6.07) is 21.4. The third kappa shape index (κ3) is 5.34. The highest BCUT2D eigenvalue weighted by molar-refractivity contribution is 6.06. The first-order valence-electron chi connectivity index (χ1n) is 11.2. The number of rotatable bonds is 7. The quantitative estimate of drug-likeness (QED) is 0.501. The summed E-state index contributed by atoms with van der Waals surface area (Å²) < 4.78 is 24.3. The van der Waals surface area contributed by atoms with E-state index in [1.807, 2.05) is 47.4 Å². The second-order valence-corrected chi connectivity index (χ2v) is 8.20. The van der Waals surface area contributed by atoms with Gasteiger partial charge in [0.2, 0.25) is 0 Å². The molecule has 4 rings (SSSR count). The minimum Gasteiger partial charge on any atom is -0.497 e. The Kier molecular flexibility index (Phi) is 7.25. The molecule has 0 atom stereocenters. The smallest absolute Gasteiger partial charge is 0.258 e. The normalized spacial score (nSPS) is 14.6. The van der Waals surface area contributed by atoms with Gasteiger partial charge in [0.25, 0.3) is 5.91 Å². The van der Waals surface area contributed by atoms with Gasteiger partial charge in [-0.15, -0.1) is 0 Å². The molecule has 0 saturated carbocycles. The van der Waals surface area contributed by atoms with Crippen LogP contribution < -0.4 is 14.4 Å². The first kappa shape index (κ1) is 22.8. The van der Waals surface area contributed by atoms with Crippen LogP contribution in [0.2, 0.25) is 0 Å². The monoisotopic (exact) mass is 448 g/mol. The number of carbonyl (C=O) groups is 1. The Labute approximate surface area is 194 Å². The summed E-state index contributed by atoms with van der Waals surface area (Å²) in [6.45, 7) is 2.53. The van der Waals surface area contributed by atoms with Crippen molar-refractivity contribution in [1.82, 2.24) is 4.90 Å². The van der Waals surface area contributed by atoms with Crippen LogP contribution >= 0.6 is 0 Å². The molecule has 0 bridgehead atoms. The molecule has 172 valence electrons. The van der Waals surface area contributed by atoms with Crippen LogP contribution in [0.4, 0.5) is 10.1 Å². The van der Waals surface area contributed by atoms with Gasteiger partial charge in [-0.1, -0.05) is 24.3 Å². The van der Waals surface area contributed by atoms with Gasteiger partial charge in [0, 0.05) is 48.6 Å². The van der Waals surface area contributed by atoms with Gasteiger partial charge < -0.3 is 14.4 Å². The number of halogens is 1. The summed E-state index contributed by atoms with van der Waals surface area (Å²) >= 11 is 0. The number of likely N-dealkylation sites (tertiary alicyclic amines) is 1. The molecule has 1 aliphatic rings. The van der Waals surface area contributed by atoms with Crippen molar-refractivity contribution >= 4 is 11.6 Å². The average Bonchev–Trinajstić information content (AvgIpc) is 2.86. The van der Waals surface area contributed by atoms with E-state index in [0.29, 0.717) is 11.3 Å². The van der Waals surface area contributed by atoms with Gasteiger partial charge in [-0.05, 0) is 55.3 Å². The van der Waals surface area contributed by atoms with E-state index >= 15 is 0 Å². The number of benzene rings is 3. The SMILES string of the molecule is COc1cccc(N(C(=O)c2ccc(F)cc2)C2CCN(Cc3ccccc3OC)CC2)c1. The summed E-state index contributed by atoms with van der Waals surface area (Å²) in [4.78, 5) is 17.8. The molecule has 3 aromatic rings. The van der Waals surface area contributed by atoms with E-state index in [0.717, 1.165) is 49.5 Å². The number of nitrogens with zero attached hydrogens (tertiary/aromatic N) is 2. The zero-order chi connectivity index (χ0) is 23.2. The zero-order valence-corrected chi connectivity index (χ0v) is 19.0. The van der Waals surface area contributed by atoms with Gasteiger partial charge in [0.05, 0.1) is 14.2 Å². The highest BCUT2D eigenvalue weighted by Gasteiger charge is 2.30. The molecule has 1 saturated heterocycles. The zero-order valence-electron chi connectivity index (χ0n) is 19.0. The lowest BCUT2D eigenvalue weighted by molar-refractivity contribution is 0.0958. The highest BCUT2D eigenvalue weighted by atomic mass is 19.1. The van der Waals surface area contributed by atoms with Crippen LogP contribution in [-0.4, -0.2) is 44.2 Å². The van der Waals surface area contributed by atoms with Gasteiger partial charge in [0.1, 0.15) is 17.3 Å². The molecule has 0 spiro atoms. The summed E-state index contributed by atoms with van der Waals surface area (Å²) in [5, 5.41) is 0. The van der Waals surface area contributed by atoms with Crippen LogP contribution in [0.3, 0.4) is 0 Å². The molecule has 0 radical (unpaired) electrons. The van der Waals surface area contributed by atoms with Crippen molar-refractivity contribution in [2.45, 2.75) is 25.4 Å². The Morgan fingerprint density at radius 3 is 2.39 bits per heavy atom. The van der Waals surface area contributed by atoms with Crippen molar-refractivity contribution in [3.05, 3.63) is 89.7 Å². The number of anilines is 1. The molecular formula is C27H29FN2O3. The fourth-order valence-electron chi connectivity index (χ4n) is 4.40. The largest absolute Gasteiger partial charge is 0.497 e. The number of para-hydroxylation sites is 1. The van der Waals surface area contributed by atoms with Crippen molar-refractivity contribution in [3.63, 3.8) is 0 Å². The van der Waals surface area contributed by atoms with E-state index in [1.54, 1.807) is 26.4 Å². The van der Waals surface area contributed by atoms with Crippen LogP contribution in [-0.2, 0) is 6.54 Å². The lowest BCUT2D eigenvalue weighted by Gasteiger charge is -2.39. The van der Waals surface area contributed by atoms with Gasteiger partial charge in [-0.3, -0.25) is 9.69 Å². The van der Waals surface area contributed by atoms with Crippen LogP contribution in [0.5, 0.6) is 11.5 Å². The number of hydrogen-bond donors (Lipinski definition) is 0. The van der Waals surface area contributed by atoms with Crippen molar-refractivity contribution < 1.29 is 18.7 Å². The summed E-state index contributed by atoms with van der Waals surface area (Å²) in [5.41, 5.74) is 2.41. The van der Waals surface area contributed by atoms with E-state index in [-0.39, 0.29) is 17.8 Å². The molecule has 1 aliphatic heterocycles. The summed E-state index contributed by atoms with van der Waals surface area (Å²) in [5.74, 6) is 1.10. The molecule has 1 fully saturated rings. The van der Waals surface area contributed by atoms with Gasteiger partial charge in [-0.25, -0.2) is 4.39 Å². The second kappa shape index (κ2) is 10.5. The summed E-state index contributed by atoms with van der Waals surface area (Å²) in [7, 11) is 3.31. The lowest BCUT2D eigenvalue weighted by Crippen LogP contribution is -2.47. The first-order valence-corrected chi connectivity index (χ1v) is 11.2. The van der Waals surface area contributed by atoms with E-state index in [9.17, 15) is 9.18 Å². The fraction of sp³-hybridized carbons (Fsp3) is 0.296. The predicted molar refractivity (Wildman–Crippen MR) is 127 cm³/mol. The maximum absolute atomic E-state index is 13.5. The molecule has 5 nitrogen and oxygen atoms in total. The maximum atomic E-state index is 13.5. The number of methoxy groups -OCH3 is 2. The molecular weight excluding hydrogens is 419 g/mol. The van der Waals surface area contributed by atoms with Crippen molar-refractivity contribution in [3.8, 4) is 11.5 Å². The van der Waals surface area contributed by atoms with Gasteiger partial charge in [-0.2, -0.15) is 0 Å². The van der Waals surface area contributed by atoms with Crippen LogP contribution in [0.25, 0.3) is 0 Å². The number of carbonyl (C=O) groups excluding carboxylic acids is 1. The number of ether oxygens (including phenoxy) is 2. The molecule has 1 amide bonds. The first-order chi connectivity index (χ1) is 16.1. The topological polar surface area (TPSA) is 42.0 Å². The van der Waals surface area contributed by atoms with E-state index in [1.165, 1.54) is 12.1 Å².